The van der Waals surface area contributed by atoms with Crippen LogP contribution in [-0.2, 0) is 6.54 Å². The maximum atomic E-state index is 12.2. The van der Waals surface area contributed by atoms with Gasteiger partial charge in [-0.15, -0.1) is 24.0 Å². The van der Waals surface area contributed by atoms with Crippen LogP contribution in [0.2, 0.25) is 0 Å². The largest absolute Gasteiger partial charge is 0.468 e. The SMILES string of the molecule is CCNC(=NCc1ccc(OCC(F)(F)F)nc1)NCC1(CCO)CCCCC1.I. The number of pyridine rings is 1. The van der Waals surface area contributed by atoms with Crippen LogP contribution in [0.5, 0.6) is 5.88 Å². The molecule has 0 atom stereocenters. The number of aliphatic hydroxyl groups excluding tert-OH is 1. The van der Waals surface area contributed by atoms with E-state index in [0.717, 1.165) is 31.4 Å². The van der Waals surface area contributed by atoms with E-state index in [1.807, 2.05) is 6.92 Å². The van der Waals surface area contributed by atoms with Crippen molar-refractivity contribution in [2.45, 2.75) is 58.2 Å². The van der Waals surface area contributed by atoms with Gasteiger partial charge in [-0.05, 0) is 37.2 Å². The number of aliphatic hydroxyl groups is 1. The minimum atomic E-state index is -4.39. The highest BCUT2D eigenvalue weighted by molar-refractivity contribution is 14.0. The van der Waals surface area contributed by atoms with Crippen LogP contribution in [0.15, 0.2) is 23.3 Å². The summed E-state index contributed by atoms with van der Waals surface area (Å²) in [6.45, 7) is 2.61. The van der Waals surface area contributed by atoms with Crippen LogP contribution < -0.4 is 15.4 Å². The highest BCUT2D eigenvalue weighted by atomic mass is 127. The Bertz CT molecular complexity index is 630. The number of hydrogen-bond donors (Lipinski definition) is 3. The molecule has 0 bridgehead atoms. The van der Waals surface area contributed by atoms with Crippen LogP contribution in [0.1, 0.15) is 51.0 Å². The lowest BCUT2D eigenvalue weighted by Gasteiger charge is -2.37. The van der Waals surface area contributed by atoms with Crippen molar-refractivity contribution < 1.29 is 23.0 Å². The van der Waals surface area contributed by atoms with Crippen LogP contribution in [0.3, 0.4) is 0 Å². The molecule has 10 heteroatoms. The van der Waals surface area contributed by atoms with Crippen molar-refractivity contribution in [3.8, 4) is 5.88 Å². The molecule has 1 heterocycles. The summed E-state index contributed by atoms with van der Waals surface area (Å²) in [5.74, 6) is 0.608. The van der Waals surface area contributed by atoms with Crippen molar-refractivity contribution in [2.24, 2.45) is 10.4 Å². The second-order valence-corrected chi connectivity index (χ2v) is 7.49. The summed E-state index contributed by atoms with van der Waals surface area (Å²) >= 11 is 0. The fourth-order valence-corrected chi connectivity index (χ4v) is 3.58. The molecule has 0 aliphatic heterocycles. The van der Waals surface area contributed by atoms with Crippen LogP contribution in [0, 0.1) is 5.41 Å². The van der Waals surface area contributed by atoms with Crippen molar-refractivity contribution in [1.29, 1.82) is 0 Å². The quantitative estimate of drug-likeness (QED) is 0.249. The van der Waals surface area contributed by atoms with Gasteiger partial charge in [-0.1, -0.05) is 25.3 Å². The molecule has 1 saturated carbocycles. The monoisotopic (exact) mass is 544 g/mol. The Hall–Kier alpha value is -1.30. The number of aromatic nitrogens is 1. The molecule has 30 heavy (non-hydrogen) atoms. The molecule has 1 aliphatic carbocycles. The summed E-state index contributed by atoms with van der Waals surface area (Å²) in [5, 5.41) is 16.1. The minimum absolute atomic E-state index is 0. The van der Waals surface area contributed by atoms with Gasteiger partial charge < -0.3 is 20.5 Å². The van der Waals surface area contributed by atoms with Gasteiger partial charge in [-0.25, -0.2) is 9.98 Å². The van der Waals surface area contributed by atoms with E-state index in [-0.39, 0.29) is 41.9 Å². The molecule has 0 amide bonds. The van der Waals surface area contributed by atoms with Gasteiger partial charge >= 0.3 is 6.18 Å². The minimum Gasteiger partial charge on any atom is -0.468 e. The first-order valence-corrected chi connectivity index (χ1v) is 10.1. The van der Waals surface area contributed by atoms with E-state index in [0.29, 0.717) is 19.0 Å². The smallest absolute Gasteiger partial charge is 0.422 e. The Kier molecular flexibility index (Phi) is 11.7. The summed E-state index contributed by atoms with van der Waals surface area (Å²) in [4.78, 5) is 8.45. The lowest BCUT2D eigenvalue weighted by Crippen LogP contribution is -2.44. The number of rotatable bonds is 9. The van der Waals surface area contributed by atoms with Crippen molar-refractivity contribution in [2.75, 3.05) is 26.3 Å². The third kappa shape index (κ3) is 9.67. The predicted molar refractivity (Wildman–Crippen MR) is 121 cm³/mol. The zero-order valence-electron chi connectivity index (χ0n) is 17.3. The van der Waals surface area contributed by atoms with Crippen LogP contribution in [0.25, 0.3) is 0 Å². The van der Waals surface area contributed by atoms with Gasteiger partial charge in [0.25, 0.3) is 0 Å². The molecular formula is C20H32F3IN4O2. The number of hydrogen-bond acceptors (Lipinski definition) is 4. The summed E-state index contributed by atoms with van der Waals surface area (Å²) in [7, 11) is 0. The first-order chi connectivity index (χ1) is 13.9. The Morgan fingerprint density at radius 2 is 1.97 bits per heavy atom. The Morgan fingerprint density at radius 3 is 2.53 bits per heavy atom. The molecular weight excluding hydrogens is 512 g/mol. The number of nitrogens with one attached hydrogen (secondary N) is 2. The number of aliphatic imine (C=N–C) groups is 1. The van der Waals surface area contributed by atoms with E-state index in [1.54, 1.807) is 6.07 Å². The summed E-state index contributed by atoms with van der Waals surface area (Å²) in [6, 6.07) is 3.06. The lowest BCUT2D eigenvalue weighted by atomic mass is 9.72. The number of alkyl halides is 3. The van der Waals surface area contributed by atoms with E-state index >= 15 is 0 Å². The molecule has 6 nitrogen and oxygen atoms in total. The molecule has 3 N–H and O–H groups in total. The zero-order chi connectivity index (χ0) is 21.2. The standard InChI is InChI=1S/C20H31F3N4O2.HI/c1-2-24-18(27-14-19(10-11-28)8-4-3-5-9-19)26-13-16-6-7-17(25-12-16)29-15-20(21,22)23;/h6-7,12,28H,2-5,8-11,13-15H2,1H3,(H2,24,26,27);1H. The third-order valence-corrected chi connectivity index (χ3v) is 5.13. The normalized spacial score (nSPS) is 16.5. The van der Waals surface area contributed by atoms with Crippen molar-refractivity contribution in [3.63, 3.8) is 0 Å². The van der Waals surface area contributed by atoms with Crippen molar-refractivity contribution in [1.82, 2.24) is 15.6 Å². The Morgan fingerprint density at radius 1 is 1.23 bits per heavy atom. The first-order valence-electron chi connectivity index (χ1n) is 10.1. The van der Waals surface area contributed by atoms with Gasteiger partial charge in [0.15, 0.2) is 12.6 Å². The van der Waals surface area contributed by atoms with Crippen LogP contribution in [0.4, 0.5) is 13.2 Å². The maximum Gasteiger partial charge on any atom is 0.422 e. The maximum absolute atomic E-state index is 12.2. The van der Waals surface area contributed by atoms with E-state index in [9.17, 15) is 18.3 Å². The third-order valence-electron chi connectivity index (χ3n) is 5.13. The van der Waals surface area contributed by atoms with Crippen molar-refractivity contribution in [3.05, 3.63) is 23.9 Å². The molecule has 0 radical (unpaired) electrons. The molecule has 2 rings (SSSR count). The van der Waals surface area contributed by atoms with E-state index in [2.05, 4.69) is 25.3 Å². The average molecular weight is 544 g/mol. The van der Waals surface area contributed by atoms with Gasteiger partial charge in [0.05, 0.1) is 6.54 Å². The number of halogens is 4. The summed E-state index contributed by atoms with van der Waals surface area (Å²) in [5.41, 5.74) is 0.867. The van der Waals surface area contributed by atoms with Gasteiger partial charge in [0.2, 0.25) is 5.88 Å². The van der Waals surface area contributed by atoms with Crippen molar-refractivity contribution >= 4 is 29.9 Å². The first kappa shape index (κ1) is 26.7. The second-order valence-electron chi connectivity index (χ2n) is 7.49. The second kappa shape index (κ2) is 13.2. The molecule has 1 aromatic heterocycles. The highest BCUT2D eigenvalue weighted by Gasteiger charge is 2.31. The Balaban J connectivity index is 0.00000450. The number of nitrogens with zero attached hydrogens (tertiary/aromatic N) is 2. The van der Waals surface area contributed by atoms with Gasteiger partial charge in [-0.3, -0.25) is 0 Å². The zero-order valence-corrected chi connectivity index (χ0v) is 19.6. The highest BCUT2D eigenvalue weighted by Crippen LogP contribution is 2.38. The lowest BCUT2D eigenvalue weighted by molar-refractivity contribution is -0.154. The molecule has 172 valence electrons. The number of guanidine groups is 1. The van der Waals surface area contributed by atoms with E-state index < -0.39 is 12.8 Å². The fourth-order valence-electron chi connectivity index (χ4n) is 3.58. The topological polar surface area (TPSA) is 78.8 Å². The van der Waals surface area contributed by atoms with Gasteiger partial charge in [0, 0.05) is 32.0 Å². The Labute approximate surface area is 193 Å². The molecule has 0 aromatic carbocycles. The molecule has 1 fully saturated rings. The van der Waals surface area contributed by atoms with E-state index in [1.165, 1.54) is 31.5 Å². The predicted octanol–water partition coefficient (Wildman–Crippen LogP) is 4.03. The molecule has 0 unspecified atom stereocenters. The molecule has 1 aromatic rings. The molecule has 0 spiro atoms. The van der Waals surface area contributed by atoms with Gasteiger partial charge in [0.1, 0.15) is 0 Å². The molecule has 0 saturated heterocycles. The summed E-state index contributed by atoms with van der Waals surface area (Å²) in [6.07, 6.45) is 3.68. The van der Waals surface area contributed by atoms with E-state index in [4.69, 9.17) is 0 Å². The van der Waals surface area contributed by atoms with Crippen LogP contribution >= 0.6 is 24.0 Å². The number of ether oxygens (including phenoxy) is 1. The average Bonchev–Trinajstić information content (AvgIpc) is 2.70. The molecule has 1 aliphatic rings. The fraction of sp³-hybridized carbons (Fsp3) is 0.700. The van der Waals surface area contributed by atoms with Gasteiger partial charge in [-0.2, -0.15) is 13.2 Å². The van der Waals surface area contributed by atoms with Crippen LogP contribution in [-0.4, -0.2) is 48.5 Å². The summed E-state index contributed by atoms with van der Waals surface area (Å²) < 4.78 is 41.2.